The molecule has 0 amide bonds. The Hall–Kier alpha value is -1.83. The normalized spacial score (nSPS) is 10.1. The first-order valence-corrected chi connectivity index (χ1v) is 4.53. The van der Waals surface area contributed by atoms with Crippen LogP contribution >= 0.6 is 0 Å². The second-order valence-corrected chi connectivity index (χ2v) is 3.19. The summed E-state index contributed by atoms with van der Waals surface area (Å²) >= 11 is 0. The summed E-state index contributed by atoms with van der Waals surface area (Å²) in [5, 5.41) is 0. The van der Waals surface area contributed by atoms with Crippen LogP contribution in [0.25, 0.3) is 11.3 Å². The summed E-state index contributed by atoms with van der Waals surface area (Å²) < 4.78 is 0. The minimum Gasteiger partial charge on any atom is -0.361 e. The number of hydrogen-bond donors (Lipinski definition) is 1. The number of rotatable bonds is 2. The highest BCUT2D eigenvalue weighted by Crippen LogP contribution is 2.21. The van der Waals surface area contributed by atoms with E-state index in [1.54, 1.807) is 6.92 Å². The third kappa shape index (κ3) is 1.46. The average molecular weight is 185 g/mol. The molecule has 1 aromatic heterocycles. The van der Waals surface area contributed by atoms with Crippen LogP contribution < -0.4 is 0 Å². The van der Waals surface area contributed by atoms with Gasteiger partial charge in [0.15, 0.2) is 5.78 Å². The van der Waals surface area contributed by atoms with Crippen molar-refractivity contribution in [1.82, 2.24) is 4.98 Å². The minimum atomic E-state index is 0.0928. The molecule has 0 fully saturated rings. The number of hydrogen-bond acceptors (Lipinski definition) is 1. The Labute approximate surface area is 82.6 Å². The molecule has 2 heteroatoms. The predicted octanol–water partition coefficient (Wildman–Crippen LogP) is 2.88. The van der Waals surface area contributed by atoms with Crippen LogP contribution in [0.15, 0.2) is 42.6 Å². The Bertz CT molecular complexity index is 443. The first-order valence-electron chi connectivity index (χ1n) is 4.53. The molecule has 0 aliphatic carbocycles. The maximum atomic E-state index is 11.3. The number of carbonyl (C=O) groups excluding carboxylic acids is 1. The number of nitrogens with one attached hydrogen (secondary N) is 1. The second-order valence-electron chi connectivity index (χ2n) is 3.19. The van der Waals surface area contributed by atoms with Crippen molar-refractivity contribution in [2.24, 2.45) is 0 Å². The zero-order valence-electron chi connectivity index (χ0n) is 7.95. The van der Waals surface area contributed by atoms with Crippen LogP contribution in [-0.4, -0.2) is 10.8 Å². The molecule has 2 rings (SSSR count). The topological polar surface area (TPSA) is 32.9 Å². The monoisotopic (exact) mass is 185 g/mol. The van der Waals surface area contributed by atoms with Gasteiger partial charge in [0, 0.05) is 23.0 Å². The van der Waals surface area contributed by atoms with Gasteiger partial charge in [-0.1, -0.05) is 24.3 Å². The van der Waals surface area contributed by atoms with E-state index in [-0.39, 0.29) is 5.78 Å². The van der Waals surface area contributed by atoms with Gasteiger partial charge in [-0.05, 0) is 19.1 Å². The van der Waals surface area contributed by atoms with Crippen LogP contribution in [0.1, 0.15) is 17.3 Å². The molecule has 0 radical (unpaired) electrons. The lowest BCUT2D eigenvalue weighted by atomic mass is 10.0. The molecule has 1 heterocycles. The van der Waals surface area contributed by atoms with Gasteiger partial charge in [0.1, 0.15) is 0 Å². The van der Waals surface area contributed by atoms with Crippen molar-refractivity contribution < 1.29 is 4.79 Å². The van der Waals surface area contributed by atoms with Gasteiger partial charge < -0.3 is 4.98 Å². The molecule has 0 aliphatic rings. The largest absolute Gasteiger partial charge is 0.361 e. The van der Waals surface area contributed by atoms with Crippen LogP contribution in [0.5, 0.6) is 0 Å². The quantitative estimate of drug-likeness (QED) is 0.717. The van der Waals surface area contributed by atoms with Crippen molar-refractivity contribution in [3.63, 3.8) is 0 Å². The summed E-state index contributed by atoms with van der Waals surface area (Å²) in [7, 11) is 0. The van der Waals surface area contributed by atoms with Crippen molar-refractivity contribution in [1.29, 1.82) is 0 Å². The lowest BCUT2D eigenvalue weighted by molar-refractivity contribution is 0.101. The highest BCUT2D eigenvalue weighted by Gasteiger charge is 2.07. The van der Waals surface area contributed by atoms with Crippen LogP contribution in [0.2, 0.25) is 0 Å². The predicted molar refractivity (Wildman–Crippen MR) is 56.2 cm³/mol. The molecule has 0 saturated carbocycles. The molecule has 0 aliphatic heterocycles. The number of carbonyl (C=O) groups is 1. The molecule has 14 heavy (non-hydrogen) atoms. The third-order valence-corrected chi connectivity index (χ3v) is 2.19. The summed E-state index contributed by atoms with van der Waals surface area (Å²) in [5.74, 6) is 0.0928. The van der Waals surface area contributed by atoms with Crippen LogP contribution in [0.4, 0.5) is 0 Å². The molecule has 1 aromatic carbocycles. The van der Waals surface area contributed by atoms with Crippen molar-refractivity contribution in [2.45, 2.75) is 6.92 Å². The summed E-state index contributed by atoms with van der Waals surface area (Å²) in [6.45, 7) is 1.59. The Morgan fingerprint density at radius 2 is 1.93 bits per heavy atom. The molecular weight excluding hydrogens is 174 g/mol. The SMILES string of the molecule is CC(=O)c1ccccc1-c1ccc[nH]1. The number of H-pyrrole nitrogens is 1. The van der Waals surface area contributed by atoms with Gasteiger partial charge in [-0.2, -0.15) is 0 Å². The highest BCUT2D eigenvalue weighted by atomic mass is 16.1. The highest BCUT2D eigenvalue weighted by molar-refractivity contribution is 6.00. The minimum absolute atomic E-state index is 0.0928. The molecule has 0 atom stereocenters. The van der Waals surface area contributed by atoms with Crippen LogP contribution in [0.3, 0.4) is 0 Å². The number of ketones is 1. The van der Waals surface area contributed by atoms with Crippen LogP contribution in [0, 0.1) is 0 Å². The fraction of sp³-hybridized carbons (Fsp3) is 0.0833. The summed E-state index contributed by atoms with van der Waals surface area (Å²) in [6.07, 6.45) is 1.85. The van der Waals surface area contributed by atoms with E-state index in [0.29, 0.717) is 0 Å². The number of aromatic amines is 1. The Morgan fingerprint density at radius 1 is 1.14 bits per heavy atom. The molecular formula is C12H11NO. The van der Waals surface area contributed by atoms with E-state index in [2.05, 4.69) is 4.98 Å². The van der Waals surface area contributed by atoms with E-state index in [4.69, 9.17) is 0 Å². The van der Waals surface area contributed by atoms with E-state index in [0.717, 1.165) is 16.8 Å². The number of benzene rings is 1. The molecule has 0 bridgehead atoms. The van der Waals surface area contributed by atoms with Gasteiger partial charge in [-0.3, -0.25) is 4.79 Å². The lowest BCUT2D eigenvalue weighted by Gasteiger charge is -2.03. The fourth-order valence-corrected chi connectivity index (χ4v) is 1.52. The average Bonchev–Trinajstić information content (AvgIpc) is 2.70. The van der Waals surface area contributed by atoms with E-state index in [1.165, 1.54) is 0 Å². The van der Waals surface area contributed by atoms with Crippen molar-refractivity contribution >= 4 is 5.78 Å². The van der Waals surface area contributed by atoms with E-state index in [1.807, 2.05) is 42.6 Å². The lowest BCUT2D eigenvalue weighted by Crippen LogP contribution is -1.95. The number of Topliss-reactive ketones (excluding diaryl/α,β-unsaturated/α-hetero) is 1. The van der Waals surface area contributed by atoms with E-state index >= 15 is 0 Å². The maximum Gasteiger partial charge on any atom is 0.160 e. The summed E-state index contributed by atoms with van der Waals surface area (Å²) in [6, 6.07) is 11.5. The van der Waals surface area contributed by atoms with Gasteiger partial charge in [0.2, 0.25) is 0 Å². The first kappa shape index (κ1) is 8.75. The van der Waals surface area contributed by atoms with E-state index < -0.39 is 0 Å². The zero-order chi connectivity index (χ0) is 9.97. The van der Waals surface area contributed by atoms with Gasteiger partial charge in [0.05, 0.1) is 0 Å². The maximum absolute atomic E-state index is 11.3. The molecule has 1 N–H and O–H groups in total. The Balaban J connectivity index is 2.58. The summed E-state index contributed by atoms with van der Waals surface area (Å²) in [4.78, 5) is 14.4. The van der Waals surface area contributed by atoms with Crippen molar-refractivity contribution in [3.05, 3.63) is 48.2 Å². The molecule has 0 spiro atoms. The smallest absolute Gasteiger partial charge is 0.160 e. The molecule has 2 nitrogen and oxygen atoms in total. The number of aromatic nitrogens is 1. The van der Waals surface area contributed by atoms with E-state index in [9.17, 15) is 4.79 Å². The fourth-order valence-electron chi connectivity index (χ4n) is 1.52. The molecule has 0 saturated heterocycles. The van der Waals surface area contributed by atoms with Gasteiger partial charge >= 0.3 is 0 Å². The van der Waals surface area contributed by atoms with Gasteiger partial charge in [-0.15, -0.1) is 0 Å². The standard InChI is InChI=1S/C12H11NO/c1-9(14)10-5-2-3-6-11(10)12-7-4-8-13-12/h2-8,13H,1H3. The zero-order valence-corrected chi connectivity index (χ0v) is 7.95. The molecule has 2 aromatic rings. The Kier molecular flexibility index (Phi) is 2.19. The summed E-state index contributed by atoms with van der Waals surface area (Å²) in [5.41, 5.74) is 2.70. The molecule has 70 valence electrons. The van der Waals surface area contributed by atoms with Crippen molar-refractivity contribution in [3.8, 4) is 11.3 Å². The first-order chi connectivity index (χ1) is 6.79. The van der Waals surface area contributed by atoms with Gasteiger partial charge in [-0.25, -0.2) is 0 Å². The van der Waals surface area contributed by atoms with Crippen molar-refractivity contribution in [2.75, 3.05) is 0 Å². The van der Waals surface area contributed by atoms with Gasteiger partial charge in [0.25, 0.3) is 0 Å². The second kappa shape index (κ2) is 3.50. The third-order valence-electron chi connectivity index (χ3n) is 2.19. The van der Waals surface area contributed by atoms with Crippen LogP contribution in [-0.2, 0) is 0 Å². The Morgan fingerprint density at radius 3 is 2.57 bits per heavy atom. The molecule has 0 unspecified atom stereocenters.